The predicted octanol–water partition coefficient (Wildman–Crippen LogP) is 2.75. The number of hydrogen-bond acceptors (Lipinski definition) is 5. The maximum absolute atomic E-state index is 13.1. The average Bonchev–Trinajstić information content (AvgIpc) is 3.43. The lowest BCUT2D eigenvalue weighted by atomic mass is 9.99. The highest BCUT2D eigenvalue weighted by molar-refractivity contribution is 6.05. The van der Waals surface area contributed by atoms with Crippen LogP contribution in [-0.2, 0) is 22.7 Å². The molecule has 1 aromatic carbocycles. The van der Waals surface area contributed by atoms with Gasteiger partial charge in [-0.2, -0.15) is 0 Å². The molecule has 174 valence electrons. The summed E-state index contributed by atoms with van der Waals surface area (Å²) < 4.78 is 2.07. The van der Waals surface area contributed by atoms with E-state index in [-0.39, 0.29) is 24.1 Å². The molecule has 2 saturated heterocycles. The van der Waals surface area contributed by atoms with E-state index in [9.17, 15) is 14.4 Å². The number of fused-ring (bicyclic) bond motifs is 2. The van der Waals surface area contributed by atoms with Crippen LogP contribution in [0.2, 0.25) is 0 Å². The van der Waals surface area contributed by atoms with Gasteiger partial charge in [0, 0.05) is 49.2 Å². The minimum atomic E-state index is -0.604. The van der Waals surface area contributed by atoms with Gasteiger partial charge in [0.2, 0.25) is 11.8 Å². The zero-order valence-corrected chi connectivity index (χ0v) is 19.0. The van der Waals surface area contributed by atoms with Crippen molar-refractivity contribution in [1.82, 2.24) is 24.5 Å². The fraction of sp³-hybridized carbons (Fsp3) is 0.385. The normalized spacial score (nSPS) is 21.2. The predicted molar refractivity (Wildman–Crippen MR) is 126 cm³/mol. The first-order valence-electron chi connectivity index (χ1n) is 12.0. The van der Waals surface area contributed by atoms with Crippen LogP contribution in [0.25, 0.3) is 16.8 Å². The van der Waals surface area contributed by atoms with Crippen molar-refractivity contribution in [3.8, 4) is 11.1 Å². The molecule has 0 saturated carbocycles. The lowest BCUT2D eigenvalue weighted by Gasteiger charge is -2.29. The van der Waals surface area contributed by atoms with E-state index in [1.807, 2.05) is 30.6 Å². The third-order valence-corrected chi connectivity index (χ3v) is 7.23. The van der Waals surface area contributed by atoms with Crippen LogP contribution in [0.15, 0.2) is 42.9 Å². The van der Waals surface area contributed by atoms with E-state index < -0.39 is 6.04 Å². The Labute approximate surface area is 197 Å². The molecule has 0 spiro atoms. The third-order valence-electron chi connectivity index (χ3n) is 7.23. The molecular formula is C26H27N5O3. The van der Waals surface area contributed by atoms with Crippen LogP contribution in [0.3, 0.4) is 0 Å². The van der Waals surface area contributed by atoms with Crippen LogP contribution in [0.4, 0.5) is 0 Å². The molecule has 0 bridgehead atoms. The molecule has 1 N–H and O–H groups in total. The topological polar surface area (TPSA) is 87.0 Å². The van der Waals surface area contributed by atoms with Gasteiger partial charge >= 0.3 is 0 Å². The molecule has 5 heterocycles. The largest absolute Gasteiger partial charge is 0.322 e. The second kappa shape index (κ2) is 8.36. The van der Waals surface area contributed by atoms with Crippen LogP contribution in [-0.4, -0.2) is 56.0 Å². The molecule has 3 aromatic rings. The van der Waals surface area contributed by atoms with Crippen molar-refractivity contribution in [1.29, 1.82) is 0 Å². The number of nitrogens with zero attached hydrogens (tertiary/aromatic N) is 4. The number of carbonyl (C=O) groups is 3. The summed E-state index contributed by atoms with van der Waals surface area (Å²) in [6.07, 6.45) is 10.4. The number of rotatable bonds is 4. The zero-order valence-electron chi connectivity index (χ0n) is 19.0. The summed E-state index contributed by atoms with van der Waals surface area (Å²) in [6, 6.07) is 7.49. The summed E-state index contributed by atoms with van der Waals surface area (Å²) in [5.74, 6) is -0.816. The highest BCUT2D eigenvalue weighted by Gasteiger charge is 2.39. The molecule has 8 heteroatoms. The Morgan fingerprint density at radius 2 is 1.88 bits per heavy atom. The molecule has 34 heavy (non-hydrogen) atoms. The summed E-state index contributed by atoms with van der Waals surface area (Å²) in [5.41, 5.74) is 5.69. The van der Waals surface area contributed by atoms with E-state index in [0.29, 0.717) is 18.5 Å². The first kappa shape index (κ1) is 21.0. The molecule has 8 nitrogen and oxygen atoms in total. The van der Waals surface area contributed by atoms with Crippen LogP contribution in [0.5, 0.6) is 0 Å². The third kappa shape index (κ3) is 3.68. The number of aromatic nitrogens is 2. The summed E-state index contributed by atoms with van der Waals surface area (Å²) in [5, 5.41) is 2.36. The van der Waals surface area contributed by atoms with Crippen molar-refractivity contribution in [2.45, 2.75) is 51.2 Å². The maximum Gasteiger partial charge on any atom is 0.255 e. The van der Waals surface area contributed by atoms with Crippen molar-refractivity contribution in [2.75, 3.05) is 13.1 Å². The molecule has 3 aliphatic heterocycles. The fourth-order valence-electron chi connectivity index (χ4n) is 5.51. The minimum Gasteiger partial charge on any atom is -0.322 e. The lowest BCUT2D eigenvalue weighted by Crippen LogP contribution is -2.52. The molecule has 0 radical (unpaired) electrons. The van der Waals surface area contributed by atoms with Gasteiger partial charge in [0.05, 0.1) is 0 Å². The van der Waals surface area contributed by atoms with E-state index in [2.05, 4.69) is 31.9 Å². The Morgan fingerprint density at radius 1 is 1.03 bits per heavy atom. The van der Waals surface area contributed by atoms with Crippen molar-refractivity contribution in [3.05, 3.63) is 59.5 Å². The first-order chi connectivity index (χ1) is 16.6. The molecule has 3 aliphatic rings. The number of piperidine rings is 2. The van der Waals surface area contributed by atoms with Crippen molar-refractivity contribution < 1.29 is 14.4 Å². The smallest absolute Gasteiger partial charge is 0.255 e. The zero-order chi connectivity index (χ0) is 23.2. The number of imide groups is 1. The number of imidazole rings is 1. The van der Waals surface area contributed by atoms with E-state index in [1.54, 1.807) is 4.90 Å². The molecule has 6 rings (SSSR count). The Hall–Kier alpha value is -3.52. The van der Waals surface area contributed by atoms with Gasteiger partial charge in [0.1, 0.15) is 11.7 Å². The summed E-state index contributed by atoms with van der Waals surface area (Å²) in [6.45, 7) is 3.54. The second-order valence-corrected chi connectivity index (χ2v) is 9.53. The van der Waals surface area contributed by atoms with Gasteiger partial charge in [-0.15, -0.1) is 0 Å². The van der Waals surface area contributed by atoms with Gasteiger partial charge in [-0.05, 0) is 67.2 Å². The number of likely N-dealkylation sites (tertiary alicyclic amines) is 1. The van der Waals surface area contributed by atoms with Crippen molar-refractivity contribution in [3.63, 3.8) is 0 Å². The highest BCUT2D eigenvalue weighted by atomic mass is 16.2. The molecule has 2 fully saturated rings. The standard InChI is InChI=1S/C26H27N5O3/c32-23-7-6-22(25(33)28-23)31-16-19-13-18(4-5-20(19)26(31)34)21-12-17(14-29-9-2-1-3-10-29)15-30-11-8-27-24(21)30/h4-5,8,11-13,15,22H,1-3,6-7,9-10,14,16H2,(H,28,32,33). The number of pyridine rings is 1. The van der Waals surface area contributed by atoms with Gasteiger partial charge in [0.25, 0.3) is 5.91 Å². The Bertz CT molecular complexity index is 1310. The van der Waals surface area contributed by atoms with Gasteiger partial charge in [-0.1, -0.05) is 12.5 Å². The second-order valence-electron chi connectivity index (χ2n) is 9.53. The number of benzene rings is 1. The van der Waals surface area contributed by atoms with Crippen LogP contribution in [0.1, 0.15) is 53.6 Å². The monoisotopic (exact) mass is 457 g/mol. The van der Waals surface area contributed by atoms with Crippen molar-refractivity contribution in [2.24, 2.45) is 0 Å². The van der Waals surface area contributed by atoms with E-state index in [4.69, 9.17) is 0 Å². The van der Waals surface area contributed by atoms with Crippen LogP contribution in [0, 0.1) is 0 Å². The Morgan fingerprint density at radius 3 is 2.71 bits per heavy atom. The fourth-order valence-corrected chi connectivity index (χ4v) is 5.51. The first-order valence-corrected chi connectivity index (χ1v) is 12.0. The Kier molecular flexibility index (Phi) is 5.17. The van der Waals surface area contributed by atoms with E-state index >= 15 is 0 Å². The minimum absolute atomic E-state index is 0.152. The average molecular weight is 458 g/mol. The van der Waals surface area contributed by atoms with E-state index in [0.717, 1.165) is 42.0 Å². The number of hydrogen-bond donors (Lipinski definition) is 1. The lowest BCUT2D eigenvalue weighted by molar-refractivity contribution is -0.136. The molecule has 0 aliphatic carbocycles. The highest BCUT2D eigenvalue weighted by Crippen LogP contribution is 2.33. The summed E-state index contributed by atoms with van der Waals surface area (Å²) in [7, 11) is 0. The molecular weight excluding hydrogens is 430 g/mol. The quantitative estimate of drug-likeness (QED) is 0.609. The maximum atomic E-state index is 13.1. The van der Waals surface area contributed by atoms with Gasteiger partial charge in [-0.25, -0.2) is 4.98 Å². The Balaban J connectivity index is 1.32. The van der Waals surface area contributed by atoms with E-state index in [1.165, 1.54) is 24.8 Å². The number of amides is 3. The van der Waals surface area contributed by atoms with Crippen molar-refractivity contribution >= 4 is 23.4 Å². The number of carbonyl (C=O) groups excluding carboxylic acids is 3. The van der Waals surface area contributed by atoms with Crippen LogP contribution < -0.4 is 5.32 Å². The molecule has 3 amide bonds. The van der Waals surface area contributed by atoms with Crippen LogP contribution >= 0.6 is 0 Å². The van der Waals surface area contributed by atoms with Gasteiger partial charge in [-0.3, -0.25) is 24.6 Å². The molecule has 2 aromatic heterocycles. The van der Waals surface area contributed by atoms with Gasteiger partial charge in [0.15, 0.2) is 0 Å². The molecule has 1 unspecified atom stereocenters. The van der Waals surface area contributed by atoms with Gasteiger partial charge < -0.3 is 9.30 Å². The summed E-state index contributed by atoms with van der Waals surface area (Å²) >= 11 is 0. The SMILES string of the molecule is O=C1CCC(N2Cc3cc(-c4cc(CN5CCCCC5)cn5ccnc45)ccc3C2=O)C(=O)N1. The number of nitrogens with one attached hydrogen (secondary N) is 1. The summed E-state index contributed by atoms with van der Waals surface area (Å²) in [4.78, 5) is 45.6. The molecule has 1 atom stereocenters.